The van der Waals surface area contributed by atoms with Gasteiger partial charge in [-0.1, -0.05) is 22.0 Å². The lowest BCUT2D eigenvalue weighted by molar-refractivity contribution is 0.290. The first-order chi connectivity index (χ1) is 9.78. The average Bonchev–Trinajstić information content (AvgIpc) is 2.52. The summed E-state index contributed by atoms with van der Waals surface area (Å²) in [5, 5.41) is 0.719. The normalized spacial score (nSPS) is 10.2. The number of nitrogens with zero attached hydrogens (tertiary/aromatic N) is 1. The van der Waals surface area contributed by atoms with Crippen LogP contribution in [-0.2, 0) is 11.9 Å². The van der Waals surface area contributed by atoms with E-state index in [1.54, 1.807) is 20.4 Å². The van der Waals surface area contributed by atoms with Crippen molar-refractivity contribution in [2.75, 3.05) is 14.2 Å². The van der Waals surface area contributed by atoms with E-state index in [1.165, 1.54) is 0 Å². The fraction of sp³-hybridized carbons (Fsp3) is 0.267. The predicted octanol–water partition coefficient (Wildman–Crippen LogP) is 3.57. The Morgan fingerprint density at radius 1 is 1.10 bits per heavy atom. The lowest BCUT2D eigenvalue weighted by Gasteiger charge is -2.13. The van der Waals surface area contributed by atoms with Crippen LogP contribution >= 0.6 is 15.9 Å². The number of methoxy groups -OCH3 is 2. The molecule has 1 aromatic carbocycles. The summed E-state index contributed by atoms with van der Waals surface area (Å²) in [6, 6.07) is 9.55. The third-order valence-electron chi connectivity index (χ3n) is 2.84. The second kappa shape index (κ2) is 7.14. The molecule has 4 nitrogen and oxygen atoms in total. The number of benzene rings is 1. The fourth-order valence-electron chi connectivity index (χ4n) is 1.78. The molecule has 106 valence electrons. The molecule has 0 saturated heterocycles. The number of pyridine rings is 1. The molecule has 0 aliphatic rings. The van der Waals surface area contributed by atoms with Crippen LogP contribution in [0, 0.1) is 0 Å². The molecule has 0 radical (unpaired) electrons. The van der Waals surface area contributed by atoms with Gasteiger partial charge in [0.15, 0.2) is 0 Å². The van der Waals surface area contributed by atoms with Gasteiger partial charge >= 0.3 is 0 Å². The van der Waals surface area contributed by atoms with Crippen molar-refractivity contribution >= 4 is 15.9 Å². The van der Waals surface area contributed by atoms with E-state index in [2.05, 4.69) is 20.9 Å². The summed E-state index contributed by atoms with van der Waals surface area (Å²) in [6.45, 7) is 0.393. The molecular formula is C15H16BrNO3. The van der Waals surface area contributed by atoms with Crippen molar-refractivity contribution in [1.82, 2.24) is 4.98 Å². The van der Waals surface area contributed by atoms with Gasteiger partial charge in [0.1, 0.15) is 18.1 Å². The molecule has 0 bridgehead atoms. The van der Waals surface area contributed by atoms with Crippen LogP contribution in [0.3, 0.4) is 0 Å². The highest BCUT2D eigenvalue weighted by Crippen LogP contribution is 2.28. The maximum Gasteiger partial charge on any atom is 0.219 e. The molecule has 2 rings (SSSR count). The smallest absolute Gasteiger partial charge is 0.219 e. The van der Waals surface area contributed by atoms with Crippen molar-refractivity contribution in [1.29, 1.82) is 0 Å². The topological polar surface area (TPSA) is 40.6 Å². The molecule has 0 atom stereocenters. The van der Waals surface area contributed by atoms with Crippen molar-refractivity contribution in [3.63, 3.8) is 0 Å². The third-order valence-corrected chi connectivity index (χ3v) is 3.45. The summed E-state index contributed by atoms with van der Waals surface area (Å²) in [5.74, 6) is 2.13. The van der Waals surface area contributed by atoms with Crippen LogP contribution in [0.1, 0.15) is 11.1 Å². The number of halogens is 1. The molecule has 0 amide bonds. The fourth-order valence-corrected chi connectivity index (χ4v) is 2.24. The van der Waals surface area contributed by atoms with E-state index in [9.17, 15) is 0 Å². The summed E-state index contributed by atoms with van der Waals surface area (Å²) in [5.41, 5.74) is 1.96. The zero-order chi connectivity index (χ0) is 14.4. The maximum atomic E-state index is 5.87. The Morgan fingerprint density at radius 3 is 2.65 bits per heavy atom. The number of ether oxygens (including phenoxy) is 3. The molecule has 2 aromatic rings. The average molecular weight is 338 g/mol. The summed E-state index contributed by atoms with van der Waals surface area (Å²) in [6.07, 6.45) is 1.69. The summed E-state index contributed by atoms with van der Waals surface area (Å²) in [7, 11) is 3.23. The van der Waals surface area contributed by atoms with Crippen LogP contribution < -0.4 is 14.2 Å². The summed E-state index contributed by atoms with van der Waals surface area (Å²) < 4.78 is 16.3. The van der Waals surface area contributed by atoms with E-state index < -0.39 is 0 Å². The summed E-state index contributed by atoms with van der Waals surface area (Å²) >= 11 is 3.45. The van der Waals surface area contributed by atoms with Gasteiger partial charge in [0, 0.05) is 23.2 Å². The second-order valence-corrected chi connectivity index (χ2v) is 4.63. The lowest BCUT2D eigenvalue weighted by Crippen LogP contribution is -2.01. The highest BCUT2D eigenvalue weighted by Gasteiger charge is 2.08. The number of alkyl halides is 1. The van der Waals surface area contributed by atoms with Crippen LogP contribution in [-0.4, -0.2) is 19.2 Å². The van der Waals surface area contributed by atoms with Gasteiger partial charge in [-0.15, -0.1) is 0 Å². The Kier molecular flexibility index (Phi) is 5.24. The van der Waals surface area contributed by atoms with E-state index in [4.69, 9.17) is 14.2 Å². The van der Waals surface area contributed by atoms with Crippen molar-refractivity contribution in [2.45, 2.75) is 11.9 Å². The molecule has 1 aromatic heterocycles. The number of aromatic nitrogens is 1. The molecular weight excluding hydrogens is 322 g/mol. The largest absolute Gasteiger partial charge is 0.497 e. The van der Waals surface area contributed by atoms with E-state index in [0.29, 0.717) is 12.5 Å². The van der Waals surface area contributed by atoms with Gasteiger partial charge in [-0.05, 0) is 18.2 Å². The van der Waals surface area contributed by atoms with Gasteiger partial charge in [0.2, 0.25) is 5.88 Å². The van der Waals surface area contributed by atoms with Crippen molar-refractivity contribution < 1.29 is 14.2 Å². The van der Waals surface area contributed by atoms with Crippen LogP contribution in [0.15, 0.2) is 36.5 Å². The first-order valence-corrected chi connectivity index (χ1v) is 7.24. The van der Waals surface area contributed by atoms with Gasteiger partial charge < -0.3 is 14.2 Å². The Morgan fingerprint density at radius 2 is 1.95 bits per heavy atom. The van der Waals surface area contributed by atoms with Crippen molar-refractivity contribution in [3.8, 4) is 17.4 Å². The molecule has 0 aliphatic heterocycles. The van der Waals surface area contributed by atoms with Crippen molar-refractivity contribution in [2.24, 2.45) is 0 Å². The van der Waals surface area contributed by atoms with Gasteiger partial charge in [-0.3, -0.25) is 0 Å². The number of hydrogen-bond acceptors (Lipinski definition) is 4. The Balaban J connectivity index is 2.17. The standard InChI is InChI=1S/C15H16BrNO3/c1-18-13-6-5-11(9-16)14(8-13)20-10-12-4-3-7-17-15(12)19-2/h3-8H,9-10H2,1-2H3. The zero-order valence-electron chi connectivity index (χ0n) is 11.4. The minimum atomic E-state index is 0.393. The zero-order valence-corrected chi connectivity index (χ0v) is 13.0. The van der Waals surface area contributed by atoms with Gasteiger partial charge in [-0.25, -0.2) is 4.98 Å². The molecule has 0 spiro atoms. The quantitative estimate of drug-likeness (QED) is 0.755. The minimum absolute atomic E-state index is 0.393. The third kappa shape index (κ3) is 3.42. The first kappa shape index (κ1) is 14.7. The Bertz CT molecular complexity index is 575. The molecule has 5 heteroatoms. The summed E-state index contributed by atoms with van der Waals surface area (Å²) in [4.78, 5) is 4.15. The van der Waals surface area contributed by atoms with E-state index in [-0.39, 0.29) is 0 Å². The minimum Gasteiger partial charge on any atom is -0.497 e. The maximum absolute atomic E-state index is 5.87. The van der Waals surface area contributed by atoms with E-state index >= 15 is 0 Å². The number of rotatable bonds is 6. The van der Waals surface area contributed by atoms with Gasteiger partial charge in [0.05, 0.1) is 19.8 Å². The molecule has 20 heavy (non-hydrogen) atoms. The van der Waals surface area contributed by atoms with Crippen LogP contribution in [0.5, 0.6) is 17.4 Å². The van der Waals surface area contributed by atoms with Crippen LogP contribution in [0.25, 0.3) is 0 Å². The molecule has 0 fully saturated rings. The Labute approximate surface area is 126 Å². The Hall–Kier alpha value is -1.75. The first-order valence-electron chi connectivity index (χ1n) is 6.12. The lowest BCUT2D eigenvalue weighted by atomic mass is 10.2. The molecule has 1 heterocycles. The molecule has 0 aliphatic carbocycles. The monoisotopic (exact) mass is 337 g/mol. The van der Waals surface area contributed by atoms with Gasteiger partial charge in [-0.2, -0.15) is 0 Å². The molecule has 0 saturated carbocycles. The second-order valence-electron chi connectivity index (χ2n) is 4.07. The van der Waals surface area contributed by atoms with E-state index in [1.807, 2.05) is 30.3 Å². The predicted molar refractivity (Wildman–Crippen MR) is 80.7 cm³/mol. The van der Waals surface area contributed by atoms with Crippen LogP contribution in [0.4, 0.5) is 0 Å². The van der Waals surface area contributed by atoms with Crippen molar-refractivity contribution in [3.05, 3.63) is 47.7 Å². The molecule has 0 unspecified atom stereocenters. The van der Waals surface area contributed by atoms with Gasteiger partial charge in [0.25, 0.3) is 0 Å². The molecule has 0 N–H and O–H groups in total. The number of hydrogen-bond donors (Lipinski definition) is 0. The SMILES string of the molecule is COc1ccc(CBr)c(OCc2cccnc2OC)c1. The van der Waals surface area contributed by atoms with Crippen LogP contribution in [0.2, 0.25) is 0 Å². The highest BCUT2D eigenvalue weighted by molar-refractivity contribution is 9.08. The van der Waals surface area contributed by atoms with E-state index in [0.717, 1.165) is 28.0 Å². The highest BCUT2D eigenvalue weighted by atomic mass is 79.9.